The number of para-hydroxylation sites is 1. The third-order valence-corrected chi connectivity index (χ3v) is 5.09. The number of Topliss-reactive ketones (excluding diaryl/α,β-unsaturated/α-hetero) is 1. The lowest BCUT2D eigenvalue weighted by Crippen LogP contribution is -2.42. The van der Waals surface area contributed by atoms with Crippen LogP contribution in [0, 0.1) is 11.6 Å². The number of carbonyl (C=O) groups excluding carboxylic acids is 2. The van der Waals surface area contributed by atoms with Crippen molar-refractivity contribution >= 4 is 34.8 Å². The van der Waals surface area contributed by atoms with E-state index in [-0.39, 0.29) is 17.2 Å². The second-order valence-corrected chi connectivity index (χ2v) is 7.05. The smallest absolute Gasteiger partial charge is 0.307 e. The third-order valence-electron chi connectivity index (χ3n) is 4.80. The molecular weight excluding hydrogens is 398 g/mol. The molecule has 0 fully saturated rings. The number of fused-ring (bicyclic) bond motifs is 1. The molecule has 0 spiro atoms. The lowest BCUT2D eigenvalue weighted by molar-refractivity contribution is 0.0967. The summed E-state index contributed by atoms with van der Waals surface area (Å²) in [6, 6.07) is 15.2. The van der Waals surface area contributed by atoms with Gasteiger partial charge in [0.15, 0.2) is 5.78 Å². The van der Waals surface area contributed by atoms with Crippen LogP contribution >= 0.6 is 11.6 Å². The monoisotopic (exact) mass is 412 g/mol. The van der Waals surface area contributed by atoms with Gasteiger partial charge in [-0.2, -0.15) is 0 Å². The van der Waals surface area contributed by atoms with E-state index in [2.05, 4.69) is 5.32 Å². The molecule has 3 aromatic carbocycles. The zero-order chi connectivity index (χ0) is 20.5. The predicted octanol–water partition coefficient (Wildman–Crippen LogP) is 5.98. The molecule has 0 bridgehead atoms. The number of halogens is 3. The summed E-state index contributed by atoms with van der Waals surface area (Å²) in [6.45, 7) is 0. The SMILES string of the molecule is O=C1CC(c2ccc(F)cc2)N(C(=O)Nc2ccc(F)c(Cl)c2)c2ccccc21. The molecule has 0 radical (unpaired) electrons. The number of ketones is 1. The van der Waals surface area contributed by atoms with E-state index in [0.29, 0.717) is 22.5 Å². The molecule has 2 amide bonds. The number of hydrogen-bond donors (Lipinski definition) is 1. The van der Waals surface area contributed by atoms with Crippen LogP contribution in [-0.4, -0.2) is 11.8 Å². The Hall–Kier alpha value is -3.25. The quantitative estimate of drug-likeness (QED) is 0.562. The average molecular weight is 413 g/mol. The first kappa shape index (κ1) is 19.1. The average Bonchev–Trinajstić information content (AvgIpc) is 2.71. The van der Waals surface area contributed by atoms with Gasteiger partial charge in [-0.05, 0) is 48.0 Å². The van der Waals surface area contributed by atoms with E-state index in [1.54, 1.807) is 36.4 Å². The molecule has 1 unspecified atom stereocenters. The molecule has 0 aromatic heterocycles. The van der Waals surface area contributed by atoms with Crippen molar-refractivity contribution in [3.8, 4) is 0 Å². The van der Waals surface area contributed by atoms with Crippen LogP contribution in [0.5, 0.6) is 0 Å². The Kier molecular flexibility index (Phi) is 5.03. The molecule has 146 valence electrons. The maximum Gasteiger partial charge on any atom is 0.326 e. The maximum atomic E-state index is 13.4. The van der Waals surface area contributed by atoms with Gasteiger partial charge in [0.25, 0.3) is 0 Å². The fraction of sp³-hybridized carbons (Fsp3) is 0.0909. The number of urea groups is 1. The van der Waals surface area contributed by atoms with Gasteiger partial charge in [-0.25, -0.2) is 13.6 Å². The van der Waals surface area contributed by atoms with Gasteiger partial charge in [0.2, 0.25) is 0 Å². The Morgan fingerprint density at radius 2 is 1.76 bits per heavy atom. The van der Waals surface area contributed by atoms with Crippen molar-refractivity contribution in [2.24, 2.45) is 0 Å². The van der Waals surface area contributed by atoms with E-state index in [0.717, 1.165) is 6.07 Å². The molecule has 0 aliphatic carbocycles. The van der Waals surface area contributed by atoms with Crippen molar-refractivity contribution in [1.29, 1.82) is 0 Å². The summed E-state index contributed by atoms with van der Waals surface area (Å²) in [5, 5.41) is 2.58. The maximum absolute atomic E-state index is 13.4. The Morgan fingerprint density at radius 1 is 1.03 bits per heavy atom. The zero-order valence-corrected chi connectivity index (χ0v) is 15.8. The topological polar surface area (TPSA) is 49.4 Å². The first-order chi connectivity index (χ1) is 13.9. The van der Waals surface area contributed by atoms with Gasteiger partial charge in [-0.1, -0.05) is 35.9 Å². The molecular formula is C22H15ClF2N2O2. The van der Waals surface area contributed by atoms with Crippen LogP contribution in [0.25, 0.3) is 0 Å². The molecule has 1 heterocycles. The number of nitrogens with one attached hydrogen (secondary N) is 1. The normalized spacial score (nSPS) is 15.8. The zero-order valence-electron chi connectivity index (χ0n) is 15.0. The highest BCUT2D eigenvalue weighted by Gasteiger charge is 2.36. The van der Waals surface area contributed by atoms with Crippen molar-refractivity contribution < 1.29 is 18.4 Å². The molecule has 0 saturated carbocycles. The first-order valence-corrected chi connectivity index (χ1v) is 9.25. The van der Waals surface area contributed by atoms with Crippen molar-refractivity contribution in [2.75, 3.05) is 10.2 Å². The summed E-state index contributed by atoms with van der Waals surface area (Å²) in [4.78, 5) is 27.3. The predicted molar refractivity (Wildman–Crippen MR) is 107 cm³/mol. The van der Waals surface area contributed by atoms with Crippen molar-refractivity contribution in [2.45, 2.75) is 12.5 Å². The van der Waals surface area contributed by atoms with E-state index in [1.165, 1.54) is 29.2 Å². The molecule has 1 aliphatic rings. The summed E-state index contributed by atoms with van der Waals surface area (Å²) in [5.74, 6) is -1.11. The summed E-state index contributed by atoms with van der Waals surface area (Å²) < 4.78 is 26.8. The summed E-state index contributed by atoms with van der Waals surface area (Å²) in [7, 11) is 0. The molecule has 1 N–H and O–H groups in total. The third kappa shape index (κ3) is 3.71. The molecule has 1 aliphatic heterocycles. The van der Waals surface area contributed by atoms with Crippen molar-refractivity contribution in [3.05, 3.63) is 94.5 Å². The van der Waals surface area contributed by atoms with Crippen LogP contribution in [-0.2, 0) is 0 Å². The van der Waals surface area contributed by atoms with Crippen LogP contribution in [0.1, 0.15) is 28.4 Å². The standard InChI is InChI=1S/C22H15ClF2N2O2/c23-17-11-15(9-10-18(17)25)26-22(29)27-19-4-2-1-3-16(19)21(28)12-20(27)13-5-7-14(24)8-6-13/h1-11,20H,12H2,(H,26,29). The summed E-state index contributed by atoms with van der Waals surface area (Å²) >= 11 is 5.80. The number of rotatable bonds is 2. The van der Waals surface area contributed by atoms with Gasteiger partial charge in [0, 0.05) is 17.7 Å². The van der Waals surface area contributed by atoms with Gasteiger partial charge in [0.05, 0.1) is 16.8 Å². The Balaban J connectivity index is 1.75. The Bertz CT molecular complexity index is 1100. The van der Waals surface area contributed by atoms with Gasteiger partial charge >= 0.3 is 6.03 Å². The summed E-state index contributed by atoms with van der Waals surface area (Å²) in [5.41, 5.74) is 1.82. The van der Waals surface area contributed by atoms with E-state index < -0.39 is 23.7 Å². The molecule has 0 saturated heterocycles. The number of benzene rings is 3. The fourth-order valence-electron chi connectivity index (χ4n) is 3.42. The van der Waals surface area contributed by atoms with Crippen LogP contribution in [0.4, 0.5) is 25.0 Å². The number of anilines is 2. The molecule has 7 heteroatoms. The van der Waals surface area contributed by atoms with E-state index in [4.69, 9.17) is 11.6 Å². The minimum atomic E-state index is -0.617. The number of carbonyl (C=O) groups is 2. The number of hydrogen-bond acceptors (Lipinski definition) is 2. The molecule has 3 aromatic rings. The van der Waals surface area contributed by atoms with Crippen LogP contribution in [0.3, 0.4) is 0 Å². The highest BCUT2D eigenvalue weighted by molar-refractivity contribution is 6.31. The lowest BCUT2D eigenvalue weighted by Gasteiger charge is -2.36. The second-order valence-electron chi connectivity index (χ2n) is 6.64. The fourth-order valence-corrected chi connectivity index (χ4v) is 3.61. The minimum Gasteiger partial charge on any atom is -0.307 e. The Morgan fingerprint density at radius 3 is 2.48 bits per heavy atom. The molecule has 1 atom stereocenters. The Labute approximate surface area is 170 Å². The first-order valence-electron chi connectivity index (χ1n) is 8.87. The highest BCUT2D eigenvalue weighted by atomic mass is 35.5. The number of nitrogens with zero attached hydrogens (tertiary/aromatic N) is 1. The largest absolute Gasteiger partial charge is 0.326 e. The van der Waals surface area contributed by atoms with Crippen LogP contribution < -0.4 is 10.2 Å². The highest BCUT2D eigenvalue weighted by Crippen LogP contribution is 2.39. The van der Waals surface area contributed by atoms with Crippen molar-refractivity contribution in [3.63, 3.8) is 0 Å². The minimum absolute atomic E-state index is 0.0558. The van der Waals surface area contributed by atoms with Gasteiger partial charge in [-0.15, -0.1) is 0 Å². The lowest BCUT2D eigenvalue weighted by atomic mass is 9.90. The van der Waals surface area contributed by atoms with E-state index in [9.17, 15) is 18.4 Å². The van der Waals surface area contributed by atoms with Crippen LogP contribution in [0.15, 0.2) is 66.7 Å². The van der Waals surface area contributed by atoms with Gasteiger partial charge in [-0.3, -0.25) is 9.69 Å². The van der Waals surface area contributed by atoms with E-state index in [1.807, 2.05) is 0 Å². The molecule has 29 heavy (non-hydrogen) atoms. The molecule has 4 rings (SSSR count). The number of amides is 2. The van der Waals surface area contributed by atoms with Crippen LogP contribution in [0.2, 0.25) is 5.02 Å². The molecule has 4 nitrogen and oxygen atoms in total. The van der Waals surface area contributed by atoms with Gasteiger partial charge < -0.3 is 5.32 Å². The summed E-state index contributed by atoms with van der Waals surface area (Å²) in [6.07, 6.45) is 0.0558. The van der Waals surface area contributed by atoms with E-state index >= 15 is 0 Å². The van der Waals surface area contributed by atoms with Gasteiger partial charge in [0.1, 0.15) is 11.6 Å². The van der Waals surface area contributed by atoms with Crippen molar-refractivity contribution in [1.82, 2.24) is 0 Å². The second kappa shape index (κ2) is 7.64.